The van der Waals surface area contributed by atoms with Gasteiger partial charge in [0.1, 0.15) is 11.3 Å². The van der Waals surface area contributed by atoms with Crippen LogP contribution in [0.3, 0.4) is 0 Å². The second-order valence-corrected chi connectivity index (χ2v) is 7.56. The van der Waals surface area contributed by atoms with Crippen molar-refractivity contribution in [3.8, 4) is 5.75 Å². The first-order valence-electron chi connectivity index (χ1n) is 10.2. The molecule has 1 heterocycles. The Morgan fingerprint density at radius 2 is 1.62 bits per heavy atom. The Morgan fingerprint density at radius 3 is 2.38 bits per heavy atom. The van der Waals surface area contributed by atoms with E-state index in [0.717, 1.165) is 4.90 Å². The summed E-state index contributed by atoms with van der Waals surface area (Å²) in [6.07, 6.45) is 1.32. The van der Waals surface area contributed by atoms with E-state index in [2.05, 4.69) is 10.6 Å². The van der Waals surface area contributed by atoms with Crippen molar-refractivity contribution in [2.24, 2.45) is 0 Å². The molecule has 0 spiro atoms. The smallest absolute Gasteiger partial charge is 0.335 e. The van der Waals surface area contributed by atoms with Crippen molar-refractivity contribution in [3.05, 3.63) is 95.0 Å². The number of para-hydroxylation sites is 3. The molecule has 1 saturated heterocycles. The van der Waals surface area contributed by atoms with Crippen molar-refractivity contribution in [1.29, 1.82) is 0 Å². The first-order valence-corrected chi connectivity index (χ1v) is 10.5. The zero-order valence-electron chi connectivity index (χ0n) is 17.7. The van der Waals surface area contributed by atoms with Gasteiger partial charge in [0.05, 0.1) is 16.4 Å². The van der Waals surface area contributed by atoms with Gasteiger partial charge in [-0.15, -0.1) is 0 Å². The average molecular weight is 476 g/mol. The highest BCUT2D eigenvalue weighted by Gasteiger charge is 2.36. The Hall–Kier alpha value is -4.43. The number of amides is 5. The van der Waals surface area contributed by atoms with E-state index in [1.807, 2.05) is 0 Å². The van der Waals surface area contributed by atoms with E-state index in [1.165, 1.54) is 6.08 Å². The molecular formula is C25H18ClN3O5. The van der Waals surface area contributed by atoms with Gasteiger partial charge in [-0.05, 0) is 36.4 Å². The molecule has 1 aliphatic heterocycles. The zero-order chi connectivity index (χ0) is 24.1. The Bertz CT molecular complexity index is 1310. The number of nitrogens with one attached hydrogen (secondary N) is 2. The largest absolute Gasteiger partial charge is 0.483 e. The van der Waals surface area contributed by atoms with Gasteiger partial charge in [0, 0.05) is 5.56 Å². The number of imide groups is 2. The topological polar surface area (TPSA) is 105 Å². The van der Waals surface area contributed by atoms with Crippen molar-refractivity contribution in [2.45, 2.75) is 0 Å². The summed E-state index contributed by atoms with van der Waals surface area (Å²) in [5.41, 5.74) is 0.904. The standard InChI is InChI=1S/C25H18ClN3O5/c26-19-11-5-6-12-20(19)27-22(30)15-34-21-13-7-4-8-16(21)14-18-23(31)28-25(33)29(24(18)32)17-9-2-1-3-10-17/h1-14H,15H2,(H,27,30)(H,28,31,33)/b18-14-. The van der Waals surface area contributed by atoms with Crippen LogP contribution in [0.4, 0.5) is 16.2 Å². The monoisotopic (exact) mass is 475 g/mol. The van der Waals surface area contributed by atoms with E-state index in [1.54, 1.807) is 78.9 Å². The maximum atomic E-state index is 13.0. The van der Waals surface area contributed by atoms with Crippen molar-refractivity contribution >= 4 is 52.8 Å². The van der Waals surface area contributed by atoms with Crippen LogP contribution in [0.15, 0.2) is 84.4 Å². The van der Waals surface area contributed by atoms with Gasteiger partial charge in [-0.1, -0.05) is 60.1 Å². The second-order valence-electron chi connectivity index (χ2n) is 7.15. The minimum Gasteiger partial charge on any atom is -0.483 e. The number of benzene rings is 3. The van der Waals surface area contributed by atoms with Crippen LogP contribution >= 0.6 is 11.6 Å². The number of rotatable bonds is 6. The van der Waals surface area contributed by atoms with E-state index in [4.69, 9.17) is 16.3 Å². The number of urea groups is 1. The van der Waals surface area contributed by atoms with Crippen molar-refractivity contribution < 1.29 is 23.9 Å². The quantitative estimate of drug-likeness (QED) is 0.414. The fourth-order valence-electron chi connectivity index (χ4n) is 3.25. The van der Waals surface area contributed by atoms with Crippen LogP contribution in [0.1, 0.15) is 5.56 Å². The molecule has 0 unspecified atom stereocenters. The molecule has 170 valence electrons. The lowest BCUT2D eigenvalue weighted by Gasteiger charge is -2.26. The molecular weight excluding hydrogens is 458 g/mol. The summed E-state index contributed by atoms with van der Waals surface area (Å²) in [7, 11) is 0. The molecule has 0 aromatic heterocycles. The second kappa shape index (κ2) is 10.0. The molecule has 1 aliphatic rings. The van der Waals surface area contributed by atoms with Gasteiger partial charge in [-0.25, -0.2) is 9.69 Å². The van der Waals surface area contributed by atoms with Crippen molar-refractivity contribution in [3.63, 3.8) is 0 Å². The Labute approximate surface area is 199 Å². The van der Waals surface area contributed by atoms with Crippen molar-refractivity contribution in [1.82, 2.24) is 5.32 Å². The van der Waals surface area contributed by atoms with E-state index >= 15 is 0 Å². The number of carbonyl (C=O) groups is 4. The molecule has 0 saturated carbocycles. The van der Waals surface area contributed by atoms with Crippen LogP contribution in [-0.4, -0.2) is 30.4 Å². The molecule has 8 nitrogen and oxygen atoms in total. The Balaban J connectivity index is 1.54. The minimum absolute atomic E-state index is 0.250. The fraction of sp³-hybridized carbons (Fsp3) is 0.0400. The highest BCUT2D eigenvalue weighted by molar-refractivity contribution is 6.39. The van der Waals surface area contributed by atoms with Crippen LogP contribution < -0.4 is 20.3 Å². The van der Waals surface area contributed by atoms with E-state index in [9.17, 15) is 19.2 Å². The summed E-state index contributed by atoms with van der Waals surface area (Å²) in [5.74, 6) is -1.77. The predicted octanol–water partition coefficient (Wildman–Crippen LogP) is 4.02. The number of hydrogen-bond acceptors (Lipinski definition) is 5. The van der Waals surface area contributed by atoms with Gasteiger partial charge in [0.15, 0.2) is 6.61 Å². The number of nitrogens with zero attached hydrogens (tertiary/aromatic N) is 1. The fourth-order valence-corrected chi connectivity index (χ4v) is 3.43. The lowest BCUT2D eigenvalue weighted by Crippen LogP contribution is -2.54. The number of anilines is 2. The average Bonchev–Trinajstić information content (AvgIpc) is 2.83. The maximum Gasteiger partial charge on any atom is 0.335 e. The van der Waals surface area contributed by atoms with Crippen LogP contribution in [0.5, 0.6) is 5.75 Å². The molecule has 0 bridgehead atoms. The van der Waals surface area contributed by atoms with Crippen LogP contribution in [-0.2, 0) is 14.4 Å². The summed E-state index contributed by atoms with van der Waals surface area (Å²) in [4.78, 5) is 51.0. The molecule has 3 aromatic rings. The number of hydrogen-bond donors (Lipinski definition) is 2. The van der Waals surface area contributed by atoms with E-state index in [0.29, 0.717) is 22.0 Å². The summed E-state index contributed by atoms with van der Waals surface area (Å²) in [5, 5.41) is 5.21. The predicted molar refractivity (Wildman–Crippen MR) is 127 cm³/mol. The van der Waals surface area contributed by atoms with Gasteiger partial charge in [-0.2, -0.15) is 0 Å². The van der Waals surface area contributed by atoms with Gasteiger partial charge in [0.25, 0.3) is 17.7 Å². The molecule has 1 fully saturated rings. The van der Waals surface area contributed by atoms with E-state index < -0.39 is 23.8 Å². The third-order valence-electron chi connectivity index (χ3n) is 4.84. The first-order chi connectivity index (χ1) is 16.4. The van der Waals surface area contributed by atoms with E-state index in [-0.39, 0.29) is 17.9 Å². The highest BCUT2D eigenvalue weighted by atomic mass is 35.5. The van der Waals surface area contributed by atoms with Gasteiger partial charge < -0.3 is 10.1 Å². The number of halogens is 1. The zero-order valence-corrected chi connectivity index (χ0v) is 18.4. The molecule has 5 amide bonds. The van der Waals surface area contributed by atoms with Gasteiger partial charge in [-0.3, -0.25) is 19.7 Å². The SMILES string of the molecule is O=C(COc1ccccc1/C=C1/C(=O)NC(=O)N(c2ccccc2)C1=O)Nc1ccccc1Cl. The molecule has 2 N–H and O–H groups in total. The number of ether oxygens (including phenoxy) is 1. The van der Waals surface area contributed by atoms with Gasteiger partial charge in [0.2, 0.25) is 0 Å². The van der Waals surface area contributed by atoms with Gasteiger partial charge >= 0.3 is 6.03 Å². The maximum absolute atomic E-state index is 13.0. The molecule has 9 heteroatoms. The molecule has 3 aromatic carbocycles. The number of carbonyl (C=O) groups excluding carboxylic acids is 4. The lowest BCUT2D eigenvalue weighted by molar-refractivity contribution is -0.122. The molecule has 4 rings (SSSR count). The molecule has 0 atom stereocenters. The van der Waals surface area contributed by atoms with Crippen LogP contribution in [0.2, 0.25) is 5.02 Å². The first kappa shape index (κ1) is 22.8. The molecule has 0 radical (unpaired) electrons. The summed E-state index contributed by atoms with van der Waals surface area (Å²) in [6.45, 7) is -0.333. The molecule has 34 heavy (non-hydrogen) atoms. The summed E-state index contributed by atoms with van der Waals surface area (Å²) < 4.78 is 5.63. The van der Waals surface area contributed by atoms with Crippen LogP contribution in [0, 0.1) is 0 Å². The minimum atomic E-state index is -0.834. The number of barbiturate groups is 1. The lowest BCUT2D eigenvalue weighted by atomic mass is 10.1. The Kier molecular flexibility index (Phi) is 6.70. The normalized spacial score (nSPS) is 14.7. The van der Waals surface area contributed by atoms with Crippen LogP contribution in [0.25, 0.3) is 6.08 Å². The summed E-state index contributed by atoms with van der Waals surface area (Å²) in [6, 6.07) is 20.8. The molecule has 0 aliphatic carbocycles. The van der Waals surface area contributed by atoms with Crippen molar-refractivity contribution in [2.75, 3.05) is 16.8 Å². The highest BCUT2D eigenvalue weighted by Crippen LogP contribution is 2.26. The Morgan fingerprint density at radius 1 is 0.941 bits per heavy atom. The third-order valence-corrected chi connectivity index (χ3v) is 5.17. The third kappa shape index (κ3) is 4.97. The summed E-state index contributed by atoms with van der Waals surface area (Å²) >= 11 is 6.05.